The van der Waals surface area contributed by atoms with Crippen LogP contribution in [0.3, 0.4) is 0 Å². The van der Waals surface area contributed by atoms with Gasteiger partial charge in [-0.3, -0.25) is 0 Å². The molecule has 3 rings (SSSR count). The van der Waals surface area contributed by atoms with E-state index in [9.17, 15) is 8.78 Å². The van der Waals surface area contributed by atoms with Gasteiger partial charge >= 0.3 is 0 Å². The maximum atomic E-state index is 13.5. The molecule has 0 fully saturated rings. The highest BCUT2D eigenvalue weighted by Crippen LogP contribution is 2.06. The Hall–Kier alpha value is -3.42. The van der Waals surface area contributed by atoms with Gasteiger partial charge in [-0.25, -0.2) is 14.2 Å². The second-order valence-corrected chi connectivity index (χ2v) is 4.66. The first-order valence-corrected chi connectivity index (χ1v) is 6.96. The Labute approximate surface area is 136 Å². The summed E-state index contributed by atoms with van der Waals surface area (Å²) in [6.45, 7) is 0. The minimum absolute atomic E-state index is 0.204. The summed E-state index contributed by atoms with van der Waals surface area (Å²) in [6, 6.07) is 12.4. The smallest absolute Gasteiger partial charge is 0.244 e. The lowest BCUT2D eigenvalue weighted by Gasteiger charge is -2.00. The summed E-state index contributed by atoms with van der Waals surface area (Å²) in [5, 5.41) is 15.4. The minimum Gasteiger partial charge on any atom is -0.244 e. The van der Waals surface area contributed by atoms with E-state index in [1.807, 2.05) is 0 Å². The molecule has 0 atom stereocenters. The van der Waals surface area contributed by atoms with E-state index in [0.717, 1.165) is 0 Å². The predicted octanol–water partition coefficient (Wildman–Crippen LogP) is 2.88. The number of hydrogen-bond donors (Lipinski definition) is 1. The Morgan fingerprint density at radius 2 is 1.54 bits per heavy atom. The van der Waals surface area contributed by atoms with Crippen molar-refractivity contribution >= 4 is 18.4 Å². The van der Waals surface area contributed by atoms with Gasteiger partial charge in [-0.05, 0) is 12.1 Å². The quantitative estimate of drug-likeness (QED) is 0.579. The van der Waals surface area contributed by atoms with E-state index in [0.29, 0.717) is 11.1 Å². The summed E-state index contributed by atoms with van der Waals surface area (Å²) < 4.78 is 28.3. The number of hydrogen-bond acceptors (Lipinski definition) is 5. The van der Waals surface area contributed by atoms with Gasteiger partial charge in [0.2, 0.25) is 0 Å². The zero-order valence-corrected chi connectivity index (χ0v) is 12.3. The molecular weight excluding hydrogens is 314 g/mol. The molecule has 0 radical (unpaired) electrons. The van der Waals surface area contributed by atoms with Gasteiger partial charge in [0.25, 0.3) is 5.95 Å². The van der Waals surface area contributed by atoms with Crippen molar-refractivity contribution in [3.05, 3.63) is 77.6 Å². The van der Waals surface area contributed by atoms with E-state index >= 15 is 0 Å². The molecule has 1 N–H and O–H groups in total. The molecule has 8 heteroatoms. The summed E-state index contributed by atoms with van der Waals surface area (Å²) in [6.07, 6.45) is 3.98. The van der Waals surface area contributed by atoms with E-state index in [-0.39, 0.29) is 17.6 Å². The molecule has 1 aromatic heterocycles. The normalized spacial score (nSPS) is 11.4. The summed E-state index contributed by atoms with van der Waals surface area (Å²) in [5.41, 5.74) is 3.26. The van der Waals surface area contributed by atoms with Crippen molar-refractivity contribution in [1.29, 1.82) is 0 Å². The lowest BCUT2D eigenvalue weighted by molar-refractivity contribution is 0.625. The fraction of sp³-hybridized carbons (Fsp3) is 0. The van der Waals surface area contributed by atoms with Crippen LogP contribution in [0.5, 0.6) is 0 Å². The van der Waals surface area contributed by atoms with Crippen LogP contribution >= 0.6 is 0 Å². The number of benzene rings is 2. The van der Waals surface area contributed by atoms with Gasteiger partial charge in [0.15, 0.2) is 0 Å². The highest BCUT2D eigenvalue weighted by Gasteiger charge is 2.02. The highest BCUT2D eigenvalue weighted by atomic mass is 19.1. The molecule has 1 heterocycles. The van der Waals surface area contributed by atoms with Crippen molar-refractivity contribution in [2.45, 2.75) is 0 Å². The minimum atomic E-state index is -0.388. The van der Waals surface area contributed by atoms with Crippen molar-refractivity contribution in [2.75, 3.05) is 5.43 Å². The first-order chi connectivity index (χ1) is 11.7. The Balaban J connectivity index is 1.72. The molecule has 24 heavy (non-hydrogen) atoms. The molecule has 0 aliphatic carbocycles. The van der Waals surface area contributed by atoms with Crippen molar-refractivity contribution in [1.82, 2.24) is 14.9 Å². The van der Waals surface area contributed by atoms with Crippen LogP contribution in [0.25, 0.3) is 0 Å². The molecule has 120 valence electrons. The van der Waals surface area contributed by atoms with Crippen LogP contribution in [0.4, 0.5) is 14.7 Å². The van der Waals surface area contributed by atoms with Crippen LogP contribution in [-0.2, 0) is 0 Å². The molecule has 0 unspecified atom stereocenters. The SMILES string of the molecule is Fc1ccccc1/C=N\Nc1nncn1/N=C/c1ccccc1F. The third-order valence-electron chi connectivity index (χ3n) is 3.03. The number of halogens is 2. The zero-order valence-electron chi connectivity index (χ0n) is 12.3. The van der Waals surface area contributed by atoms with Gasteiger partial charge in [0, 0.05) is 11.1 Å². The van der Waals surface area contributed by atoms with Crippen molar-refractivity contribution in [3.8, 4) is 0 Å². The number of nitrogens with one attached hydrogen (secondary N) is 1. The summed E-state index contributed by atoms with van der Waals surface area (Å²) >= 11 is 0. The van der Waals surface area contributed by atoms with Gasteiger partial charge in [-0.2, -0.15) is 14.9 Å². The first-order valence-electron chi connectivity index (χ1n) is 6.96. The van der Waals surface area contributed by atoms with Crippen LogP contribution in [0.1, 0.15) is 11.1 Å². The van der Waals surface area contributed by atoms with Gasteiger partial charge in [-0.1, -0.05) is 36.4 Å². The van der Waals surface area contributed by atoms with Crippen LogP contribution < -0.4 is 5.43 Å². The second-order valence-electron chi connectivity index (χ2n) is 4.66. The van der Waals surface area contributed by atoms with Gasteiger partial charge in [0.05, 0.1) is 12.4 Å². The maximum Gasteiger partial charge on any atom is 0.265 e. The molecule has 0 amide bonds. The molecule has 3 aromatic rings. The van der Waals surface area contributed by atoms with E-state index in [2.05, 4.69) is 25.8 Å². The molecule has 0 saturated heterocycles. The van der Waals surface area contributed by atoms with E-state index in [1.165, 1.54) is 35.6 Å². The van der Waals surface area contributed by atoms with E-state index in [4.69, 9.17) is 0 Å². The highest BCUT2D eigenvalue weighted by molar-refractivity contribution is 5.80. The number of aromatic nitrogens is 3. The summed E-state index contributed by atoms with van der Waals surface area (Å²) in [5.74, 6) is -0.571. The lowest BCUT2D eigenvalue weighted by Crippen LogP contribution is -2.00. The fourth-order valence-corrected chi connectivity index (χ4v) is 1.83. The lowest BCUT2D eigenvalue weighted by atomic mass is 10.2. The molecular formula is C16H12F2N6. The Morgan fingerprint density at radius 1 is 0.917 bits per heavy atom. The predicted molar refractivity (Wildman–Crippen MR) is 87.0 cm³/mol. The number of rotatable bonds is 5. The Bertz CT molecular complexity index is 888. The maximum absolute atomic E-state index is 13.5. The first kappa shape index (κ1) is 15.5. The topological polar surface area (TPSA) is 67.5 Å². The Morgan fingerprint density at radius 3 is 2.21 bits per heavy atom. The van der Waals surface area contributed by atoms with Gasteiger partial charge in [-0.15, -0.1) is 10.2 Å². The average molecular weight is 326 g/mol. The van der Waals surface area contributed by atoms with Crippen LogP contribution in [-0.4, -0.2) is 27.3 Å². The molecule has 2 aromatic carbocycles. The summed E-state index contributed by atoms with van der Waals surface area (Å²) in [7, 11) is 0. The van der Waals surface area contributed by atoms with Gasteiger partial charge < -0.3 is 0 Å². The van der Waals surface area contributed by atoms with Crippen LogP contribution in [0, 0.1) is 11.6 Å². The second kappa shape index (κ2) is 7.23. The summed E-state index contributed by atoms with van der Waals surface area (Å²) in [4.78, 5) is 0. The largest absolute Gasteiger partial charge is 0.265 e. The van der Waals surface area contributed by atoms with Crippen LogP contribution in [0.2, 0.25) is 0 Å². The third kappa shape index (κ3) is 3.67. The third-order valence-corrected chi connectivity index (χ3v) is 3.03. The Kier molecular flexibility index (Phi) is 4.66. The molecule has 0 saturated carbocycles. The van der Waals surface area contributed by atoms with E-state index in [1.54, 1.807) is 36.4 Å². The molecule has 0 aliphatic rings. The van der Waals surface area contributed by atoms with Crippen molar-refractivity contribution < 1.29 is 8.78 Å². The molecule has 6 nitrogen and oxygen atoms in total. The van der Waals surface area contributed by atoms with E-state index < -0.39 is 0 Å². The number of nitrogens with zero attached hydrogens (tertiary/aromatic N) is 5. The number of anilines is 1. The zero-order chi connectivity index (χ0) is 16.8. The average Bonchev–Trinajstić information content (AvgIpc) is 3.03. The van der Waals surface area contributed by atoms with Crippen molar-refractivity contribution in [3.63, 3.8) is 0 Å². The standard InChI is InChI=1S/C16H12F2N6/c17-14-7-3-1-5-12(14)9-19-22-16-23-20-11-24(16)21-10-13-6-2-4-8-15(13)18/h1-11H,(H,22,23)/b19-9-,21-10+. The van der Waals surface area contributed by atoms with Crippen molar-refractivity contribution in [2.24, 2.45) is 10.2 Å². The number of hydrazone groups is 1. The monoisotopic (exact) mass is 326 g/mol. The van der Waals surface area contributed by atoms with Gasteiger partial charge in [0.1, 0.15) is 18.0 Å². The molecule has 0 bridgehead atoms. The fourth-order valence-electron chi connectivity index (χ4n) is 1.83. The molecule has 0 spiro atoms. The molecule has 0 aliphatic heterocycles. The van der Waals surface area contributed by atoms with Crippen LogP contribution in [0.15, 0.2) is 65.1 Å².